The van der Waals surface area contributed by atoms with E-state index in [4.69, 9.17) is 0 Å². The third-order valence-corrected chi connectivity index (χ3v) is 4.54. The quantitative estimate of drug-likeness (QED) is 0.824. The molecule has 2 heterocycles. The summed E-state index contributed by atoms with van der Waals surface area (Å²) in [7, 11) is 0. The number of carbonyl (C=O) groups excluding carboxylic acids is 3. The molecule has 0 unspecified atom stereocenters. The number of rotatable bonds is 1. The molecule has 3 amide bonds. The van der Waals surface area contributed by atoms with Crippen molar-refractivity contribution in [3.63, 3.8) is 0 Å². The number of nitrogens with one attached hydrogen (secondary N) is 1. The Kier molecular flexibility index (Phi) is 2.55. The maximum absolute atomic E-state index is 12.6. The van der Waals surface area contributed by atoms with Gasteiger partial charge in [-0.3, -0.25) is 14.4 Å². The lowest BCUT2D eigenvalue weighted by atomic mass is 9.86. The van der Waals surface area contributed by atoms with Crippen molar-refractivity contribution in [2.24, 2.45) is 0 Å². The predicted molar refractivity (Wildman–Crippen MR) is 85.7 cm³/mol. The summed E-state index contributed by atoms with van der Waals surface area (Å²) in [5.74, 6) is -0.756. The molecule has 2 aromatic rings. The lowest BCUT2D eigenvalue weighted by Crippen LogP contribution is -2.30. The summed E-state index contributed by atoms with van der Waals surface area (Å²) in [5, 5.41) is 2.82. The van der Waals surface area contributed by atoms with E-state index in [1.54, 1.807) is 42.5 Å². The minimum atomic E-state index is -0.690. The van der Waals surface area contributed by atoms with Crippen molar-refractivity contribution in [3.8, 4) is 0 Å². The molecule has 0 fully saturated rings. The summed E-state index contributed by atoms with van der Waals surface area (Å²) in [6.45, 7) is 3.64. The zero-order chi connectivity index (χ0) is 16.4. The van der Waals surface area contributed by atoms with E-state index in [1.165, 1.54) is 4.90 Å². The van der Waals surface area contributed by atoms with E-state index in [1.807, 2.05) is 13.8 Å². The number of benzene rings is 2. The van der Waals surface area contributed by atoms with Crippen LogP contribution in [0, 0.1) is 0 Å². The molecule has 0 saturated carbocycles. The molecular weight excluding hydrogens is 292 g/mol. The van der Waals surface area contributed by atoms with E-state index < -0.39 is 5.41 Å². The first-order valence-corrected chi connectivity index (χ1v) is 7.35. The smallest absolute Gasteiger partial charge is 0.266 e. The highest BCUT2D eigenvalue weighted by Crippen LogP contribution is 2.40. The van der Waals surface area contributed by atoms with Crippen LogP contribution in [0.3, 0.4) is 0 Å². The third-order valence-electron chi connectivity index (χ3n) is 4.54. The van der Waals surface area contributed by atoms with Gasteiger partial charge < -0.3 is 5.32 Å². The van der Waals surface area contributed by atoms with Crippen LogP contribution in [0.2, 0.25) is 0 Å². The van der Waals surface area contributed by atoms with E-state index in [0.717, 1.165) is 11.3 Å². The van der Waals surface area contributed by atoms with Crippen LogP contribution in [0.5, 0.6) is 0 Å². The van der Waals surface area contributed by atoms with Crippen molar-refractivity contribution in [1.82, 2.24) is 0 Å². The second kappa shape index (κ2) is 4.29. The SMILES string of the molecule is CC1(C)C(=O)Nc2ccc(N3C(=O)c4ccccc4C3=O)cc21. The number of anilines is 2. The molecular formula is C18H14N2O3. The largest absolute Gasteiger partial charge is 0.325 e. The number of imide groups is 1. The fourth-order valence-electron chi connectivity index (χ4n) is 3.12. The molecule has 1 N–H and O–H groups in total. The van der Waals surface area contributed by atoms with Gasteiger partial charge in [0, 0.05) is 5.69 Å². The van der Waals surface area contributed by atoms with Gasteiger partial charge in [-0.15, -0.1) is 0 Å². The summed E-state index contributed by atoms with van der Waals surface area (Å²) in [6, 6.07) is 11.9. The van der Waals surface area contributed by atoms with Crippen LogP contribution in [-0.4, -0.2) is 17.7 Å². The Morgan fingerprint density at radius 2 is 1.52 bits per heavy atom. The highest BCUT2D eigenvalue weighted by atomic mass is 16.2. The molecule has 0 bridgehead atoms. The first kappa shape index (κ1) is 13.7. The monoisotopic (exact) mass is 306 g/mol. The number of amides is 3. The Labute approximate surface area is 132 Å². The second-order valence-electron chi connectivity index (χ2n) is 6.30. The van der Waals surface area contributed by atoms with Crippen molar-refractivity contribution >= 4 is 29.1 Å². The fourth-order valence-corrected chi connectivity index (χ4v) is 3.12. The standard InChI is InChI=1S/C18H14N2O3/c1-18(2)13-9-10(7-8-14(13)19-17(18)23)20-15(21)11-5-3-4-6-12(11)16(20)22/h3-9H,1-2H3,(H,19,23). The summed E-state index contributed by atoms with van der Waals surface area (Å²) in [5.41, 5.74) is 2.12. The lowest BCUT2D eigenvalue weighted by molar-refractivity contribution is -0.119. The molecule has 2 aliphatic rings. The molecule has 0 aliphatic carbocycles. The van der Waals surface area contributed by atoms with Crippen LogP contribution in [0.25, 0.3) is 0 Å². The fraction of sp³-hybridized carbons (Fsp3) is 0.167. The minimum absolute atomic E-state index is 0.0907. The maximum Gasteiger partial charge on any atom is 0.266 e. The van der Waals surface area contributed by atoms with Gasteiger partial charge in [0.2, 0.25) is 5.91 Å². The molecule has 0 atom stereocenters. The first-order valence-electron chi connectivity index (χ1n) is 7.35. The summed E-state index contributed by atoms with van der Waals surface area (Å²) < 4.78 is 0. The van der Waals surface area contributed by atoms with Gasteiger partial charge in [0.25, 0.3) is 11.8 Å². The van der Waals surface area contributed by atoms with Gasteiger partial charge in [-0.1, -0.05) is 12.1 Å². The molecule has 23 heavy (non-hydrogen) atoms. The number of hydrogen-bond donors (Lipinski definition) is 1. The molecule has 2 aliphatic heterocycles. The Bertz CT molecular complexity index is 864. The Hall–Kier alpha value is -2.95. The van der Waals surface area contributed by atoms with Crippen LogP contribution in [0.4, 0.5) is 11.4 Å². The van der Waals surface area contributed by atoms with Crippen LogP contribution in [-0.2, 0) is 10.2 Å². The third kappa shape index (κ3) is 1.70. The molecule has 5 heteroatoms. The molecule has 0 aromatic heterocycles. The van der Waals surface area contributed by atoms with Crippen molar-refractivity contribution in [1.29, 1.82) is 0 Å². The van der Waals surface area contributed by atoms with Crippen molar-refractivity contribution in [2.45, 2.75) is 19.3 Å². The summed E-state index contributed by atoms with van der Waals surface area (Å²) in [6.07, 6.45) is 0. The van der Waals surface area contributed by atoms with Gasteiger partial charge in [0.1, 0.15) is 0 Å². The molecule has 114 valence electrons. The van der Waals surface area contributed by atoms with Crippen LogP contribution < -0.4 is 10.2 Å². The van der Waals surface area contributed by atoms with E-state index >= 15 is 0 Å². The number of hydrogen-bond acceptors (Lipinski definition) is 3. The summed E-state index contributed by atoms with van der Waals surface area (Å²) >= 11 is 0. The van der Waals surface area contributed by atoms with Gasteiger partial charge in [0.05, 0.1) is 22.2 Å². The van der Waals surface area contributed by atoms with Gasteiger partial charge in [-0.05, 0) is 49.7 Å². The topological polar surface area (TPSA) is 66.5 Å². The molecule has 0 spiro atoms. The van der Waals surface area contributed by atoms with Crippen LogP contribution in [0.1, 0.15) is 40.1 Å². The molecule has 0 radical (unpaired) electrons. The normalized spacial score (nSPS) is 18.0. The highest BCUT2D eigenvalue weighted by molar-refractivity contribution is 6.34. The van der Waals surface area contributed by atoms with Crippen molar-refractivity contribution in [3.05, 3.63) is 59.2 Å². The van der Waals surface area contributed by atoms with Gasteiger partial charge in [0.15, 0.2) is 0 Å². The van der Waals surface area contributed by atoms with Crippen molar-refractivity contribution < 1.29 is 14.4 Å². The number of nitrogens with zero attached hydrogens (tertiary/aromatic N) is 1. The van der Waals surface area contributed by atoms with Crippen LogP contribution in [0.15, 0.2) is 42.5 Å². The van der Waals surface area contributed by atoms with E-state index in [0.29, 0.717) is 16.8 Å². The van der Waals surface area contributed by atoms with E-state index in [2.05, 4.69) is 5.32 Å². The van der Waals surface area contributed by atoms with Gasteiger partial charge in [-0.2, -0.15) is 0 Å². The Balaban J connectivity index is 1.83. The molecule has 0 saturated heterocycles. The summed E-state index contributed by atoms with van der Waals surface area (Å²) in [4.78, 5) is 38.3. The first-order chi connectivity index (χ1) is 10.9. The second-order valence-corrected chi connectivity index (χ2v) is 6.30. The Morgan fingerprint density at radius 3 is 2.13 bits per heavy atom. The van der Waals surface area contributed by atoms with Crippen LogP contribution >= 0.6 is 0 Å². The average molecular weight is 306 g/mol. The minimum Gasteiger partial charge on any atom is -0.325 e. The number of fused-ring (bicyclic) bond motifs is 2. The maximum atomic E-state index is 12.6. The van der Waals surface area contributed by atoms with E-state index in [9.17, 15) is 14.4 Å². The molecule has 2 aromatic carbocycles. The Morgan fingerprint density at radius 1 is 0.913 bits per heavy atom. The zero-order valence-electron chi connectivity index (χ0n) is 12.7. The lowest BCUT2D eigenvalue weighted by Gasteiger charge is -2.19. The average Bonchev–Trinajstić information content (AvgIpc) is 2.92. The molecule has 4 rings (SSSR count). The number of carbonyl (C=O) groups is 3. The zero-order valence-corrected chi connectivity index (χ0v) is 12.7. The predicted octanol–water partition coefficient (Wildman–Crippen LogP) is 2.72. The van der Waals surface area contributed by atoms with Gasteiger partial charge in [-0.25, -0.2) is 4.90 Å². The molecule has 5 nitrogen and oxygen atoms in total. The highest BCUT2D eigenvalue weighted by Gasteiger charge is 2.41. The van der Waals surface area contributed by atoms with Gasteiger partial charge >= 0.3 is 0 Å². The van der Waals surface area contributed by atoms with E-state index in [-0.39, 0.29) is 17.7 Å². The van der Waals surface area contributed by atoms with Crippen molar-refractivity contribution in [2.75, 3.05) is 10.2 Å².